The largest absolute Gasteiger partial charge is 0.497 e. The van der Waals surface area contributed by atoms with Gasteiger partial charge < -0.3 is 19.5 Å². The molecule has 1 aromatic carbocycles. The molecule has 170 valence electrons. The standard InChI is InChI=1S/C23H29N5O4/c1-23(2,3)32-22(30)27-10-9-18(19(29)14-27)21-24-11-16-13-28(26-20(16)25-21)12-15-5-7-17(31-4)8-6-15/h5-8,11,13,18-19,29H,9-10,12,14H2,1-4H3/t18-,19-/m1/s1. The molecule has 0 radical (unpaired) electrons. The van der Waals surface area contributed by atoms with Crippen LogP contribution in [0.1, 0.15) is 44.5 Å². The highest BCUT2D eigenvalue weighted by atomic mass is 16.6. The van der Waals surface area contributed by atoms with Crippen LogP contribution in [0.25, 0.3) is 11.0 Å². The van der Waals surface area contributed by atoms with Gasteiger partial charge >= 0.3 is 6.09 Å². The highest BCUT2D eigenvalue weighted by Gasteiger charge is 2.34. The molecule has 0 bridgehead atoms. The summed E-state index contributed by atoms with van der Waals surface area (Å²) in [5.41, 5.74) is 1.11. The zero-order valence-electron chi connectivity index (χ0n) is 18.9. The van der Waals surface area contributed by atoms with Crippen LogP contribution in [0, 0.1) is 0 Å². The molecule has 1 amide bonds. The molecular formula is C23H29N5O4. The maximum atomic E-state index is 12.3. The highest BCUT2D eigenvalue weighted by Crippen LogP contribution is 2.28. The Morgan fingerprint density at radius 1 is 1.25 bits per heavy atom. The molecule has 3 heterocycles. The van der Waals surface area contributed by atoms with Crippen LogP contribution in [0.3, 0.4) is 0 Å². The van der Waals surface area contributed by atoms with Crippen LogP contribution in [0.5, 0.6) is 5.75 Å². The van der Waals surface area contributed by atoms with E-state index in [0.717, 1.165) is 16.7 Å². The lowest BCUT2D eigenvalue weighted by Crippen LogP contribution is -2.47. The lowest BCUT2D eigenvalue weighted by molar-refractivity contribution is -0.00231. The number of amides is 1. The van der Waals surface area contributed by atoms with Gasteiger partial charge in [0.05, 0.1) is 31.7 Å². The number of aromatic nitrogens is 4. The van der Waals surface area contributed by atoms with E-state index in [1.54, 1.807) is 13.3 Å². The Bertz CT molecular complexity index is 1090. The number of carbonyl (C=O) groups excluding carboxylic acids is 1. The van der Waals surface area contributed by atoms with E-state index in [1.165, 1.54) is 4.90 Å². The topological polar surface area (TPSA) is 103 Å². The van der Waals surface area contributed by atoms with E-state index in [2.05, 4.69) is 15.1 Å². The summed E-state index contributed by atoms with van der Waals surface area (Å²) in [7, 11) is 1.64. The molecule has 3 aromatic rings. The zero-order valence-corrected chi connectivity index (χ0v) is 18.9. The van der Waals surface area contributed by atoms with Gasteiger partial charge in [0, 0.05) is 24.9 Å². The normalized spacial score (nSPS) is 19.2. The summed E-state index contributed by atoms with van der Waals surface area (Å²) in [5.74, 6) is 1.10. The van der Waals surface area contributed by atoms with Crippen molar-refractivity contribution in [1.82, 2.24) is 24.6 Å². The van der Waals surface area contributed by atoms with Crippen molar-refractivity contribution >= 4 is 17.1 Å². The number of aliphatic hydroxyl groups excluding tert-OH is 1. The Morgan fingerprint density at radius 3 is 2.66 bits per heavy atom. The number of aliphatic hydroxyl groups is 1. The Morgan fingerprint density at radius 2 is 2.00 bits per heavy atom. The number of benzene rings is 1. The number of hydrogen-bond donors (Lipinski definition) is 1. The smallest absolute Gasteiger partial charge is 0.410 e. The van der Waals surface area contributed by atoms with E-state index in [1.807, 2.05) is 55.9 Å². The predicted molar refractivity (Wildman–Crippen MR) is 119 cm³/mol. The molecular weight excluding hydrogens is 410 g/mol. The van der Waals surface area contributed by atoms with Gasteiger partial charge in [0.2, 0.25) is 0 Å². The number of nitrogens with zero attached hydrogens (tertiary/aromatic N) is 5. The number of likely N-dealkylation sites (tertiary alicyclic amines) is 1. The fourth-order valence-corrected chi connectivity index (χ4v) is 3.78. The van der Waals surface area contributed by atoms with Gasteiger partial charge in [-0.3, -0.25) is 4.68 Å². The summed E-state index contributed by atoms with van der Waals surface area (Å²) in [6.45, 7) is 6.74. The zero-order chi connectivity index (χ0) is 22.9. The van der Waals surface area contributed by atoms with Gasteiger partial charge in [-0.1, -0.05) is 12.1 Å². The second kappa shape index (κ2) is 8.74. The first-order valence-electron chi connectivity index (χ1n) is 10.7. The van der Waals surface area contributed by atoms with Crippen molar-refractivity contribution in [3.05, 3.63) is 48.0 Å². The molecule has 1 aliphatic heterocycles. The van der Waals surface area contributed by atoms with Crippen molar-refractivity contribution in [2.24, 2.45) is 0 Å². The van der Waals surface area contributed by atoms with Crippen LogP contribution >= 0.6 is 0 Å². The molecule has 0 spiro atoms. The highest BCUT2D eigenvalue weighted by molar-refractivity contribution is 5.72. The molecule has 2 aromatic heterocycles. The fourth-order valence-electron chi connectivity index (χ4n) is 3.78. The summed E-state index contributed by atoms with van der Waals surface area (Å²) < 4.78 is 12.4. The number of β-amino-alcohol motifs (C(OH)–C–C–N with tert-alkyl or cyclic N) is 1. The summed E-state index contributed by atoms with van der Waals surface area (Å²) in [6.07, 6.45) is 3.02. The second-order valence-corrected chi connectivity index (χ2v) is 9.07. The van der Waals surface area contributed by atoms with Crippen molar-refractivity contribution in [1.29, 1.82) is 0 Å². The SMILES string of the molecule is COc1ccc(Cn2cc3cnc([C@@H]4CCN(C(=O)OC(C)(C)C)C[C@H]4O)nc3n2)cc1. The lowest BCUT2D eigenvalue weighted by Gasteiger charge is -2.35. The van der Waals surface area contributed by atoms with E-state index in [4.69, 9.17) is 9.47 Å². The molecule has 0 aliphatic carbocycles. The van der Waals surface area contributed by atoms with Crippen LogP contribution in [-0.2, 0) is 11.3 Å². The number of hydrogen-bond acceptors (Lipinski definition) is 7. The average molecular weight is 440 g/mol. The van der Waals surface area contributed by atoms with Gasteiger partial charge in [-0.25, -0.2) is 14.8 Å². The van der Waals surface area contributed by atoms with Crippen molar-refractivity contribution in [2.45, 2.75) is 51.4 Å². The summed E-state index contributed by atoms with van der Waals surface area (Å²) in [5, 5.41) is 16.1. The monoisotopic (exact) mass is 439 g/mol. The number of methoxy groups -OCH3 is 1. The van der Waals surface area contributed by atoms with Crippen LogP contribution in [0.2, 0.25) is 0 Å². The van der Waals surface area contributed by atoms with Crippen molar-refractivity contribution < 1.29 is 19.4 Å². The molecule has 9 nitrogen and oxygen atoms in total. The van der Waals surface area contributed by atoms with Crippen LogP contribution in [0.4, 0.5) is 4.79 Å². The predicted octanol–water partition coefficient (Wildman–Crippen LogP) is 2.97. The molecule has 4 rings (SSSR count). The number of ether oxygens (including phenoxy) is 2. The first-order valence-corrected chi connectivity index (χ1v) is 10.7. The van der Waals surface area contributed by atoms with Crippen molar-refractivity contribution in [3.8, 4) is 5.75 Å². The Kier molecular flexibility index (Phi) is 6.01. The molecule has 2 atom stereocenters. The first-order chi connectivity index (χ1) is 15.2. The van der Waals surface area contributed by atoms with Gasteiger partial charge in [0.1, 0.15) is 17.2 Å². The third-order valence-electron chi connectivity index (χ3n) is 5.39. The molecule has 1 N–H and O–H groups in total. The second-order valence-electron chi connectivity index (χ2n) is 9.07. The maximum absolute atomic E-state index is 12.3. The van der Waals surface area contributed by atoms with Gasteiger partial charge in [-0.15, -0.1) is 0 Å². The van der Waals surface area contributed by atoms with E-state index in [9.17, 15) is 9.90 Å². The van der Waals surface area contributed by atoms with Gasteiger partial charge in [0.25, 0.3) is 0 Å². The molecule has 0 saturated carbocycles. The third-order valence-corrected chi connectivity index (χ3v) is 5.39. The van der Waals surface area contributed by atoms with Gasteiger partial charge in [-0.2, -0.15) is 5.10 Å². The number of fused-ring (bicyclic) bond motifs is 1. The minimum atomic E-state index is -0.768. The van der Waals surface area contributed by atoms with Crippen LogP contribution in [-0.4, -0.2) is 67.8 Å². The number of rotatable bonds is 4. The minimum absolute atomic E-state index is 0.187. The third kappa shape index (κ3) is 4.99. The Balaban J connectivity index is 1.45. The molecule has 1 fully saturated rings. The molecule has 1 aliphatic rings. The van der Waals surface area contributed by atoms with Gasteiger partial charge in [-0.05, 0) is 44.9 Å². The van der Waals surface area contributed by atoms with Gasteiger partial charge in [0.15, 0.2) is 5.65 Å². The lowest BCUT2D eigenvalue weighted by atomic mass is 9.93. The minimum Gasteiger partial charge on any atom is -0.497 e. The number of piperidine rings is 1. The van der Waals surface area contributed by atoms with E-state index in [0.29, 0.717) is 31.0 Å². The Labute approximate surface area is 187 Å². The van der Waals surface area contributed by atoms with E-state index < -0.39 is 17.8 Å². The molecule has 32 heavy (non-hydrogen) atoms. The molecule has 0 unspecified atom stereocenters. The van der Waals surface area contributed by atoms with E-state index in [-0.39, 0.29) is 12.5 Å². The fraction of sp³-hybridized carbons (Fsp3) is 0.478. The summed E-state index contributed by atoms with van der Waals surface area (Å²) in [6, 6.07) is 7.83. The van der Waals surface area contributed by atoms with Crippen LogP contribution in [0.15, 0.2) is 36.7 Å². The van der Waals surface area contributed by atoms with Crippen molar-refractivity contribution in [2.75, 3.05) is 20.2 Å². The van der Waals surface area contributed by atoms with Crippen molar-refractivity contribution in [3.63, 3.8) is 0 Å². The van der Waals surface area contributed by atoms with E-state index >= 15 is 0 Å². The summed E-state index contributed by atoms with van der Waals surface area (Å²) >= 11 is 0. The average Bonchev–Trinajstić information content (AvgIpc) is 3.14. The Hall–Kier alpha value is -3.20. The van der Waals surface area contributed by atoms with Crippen LogP contribution < -0.4 is 4.74 Å². The first kappa shape index (κ1) is 22.0. The molecule has 9 heteroatoms. The molecule has 1 saturated heterocycles. The maximum Gasteiger partial charge on any atom is 0.410 e. The quantitative estimate of drug-likeness (QED) is 0.667. The number of carbonyl (C=O) groups is 1. The summed E-state index contributed by atoms with van der Waals surface area (Å²) in [4.78, 5) is 22.9.